The van der Waals surface area contributed by atoms with Crippen LogP contribution in [0.5, 0.6) is 0 Å². The zero-order chi connectivity index (χ0) is 15.9. The molecule has 0 radical (unpaired) electrons. The van der Waals surface area contributed by atoms with Crippen LogP contribution in [0.1, 0.15) is 27.0 Å². The molecule has 0 heterocycles. The first-order valence-electron chi connectivity index (χ1n) is 6.89. The van der Waals surface area contributed by atoms with Gasteiger partial charge in [0.05, 0.1) is 13.2 Å². The van der Waals surface area contributed by atoms with Crippen molar-refractivity contribution in [1.82, 2.24) is 5.32 Å². The molecule has 4 nitrogen and oxygen atoms in total. The zero-order valence-electron chi connectivity index (χ0n) is 12.3. The number of ether oxygens (including phenoxy) is 1. The summed E-state index contributed by atoms with van der Waals surface area (Å²) in [6, 6.07) is 11.6. The van der Waals surface area contributed by atoms with Crippen LogP contribution in [-0.4, -0.2) is 18.1 Å². The van der Waals surface area contributed by atoms with E-state index < -0.39 is 5.82 Å². The second kappa shape index (κ2) is 7.68. The van der Waals surface area contributed by atoms with Gasteiger partial charge in [0.2, 0.25) is 0 Å². The quantitative estimate of drug-likeness (QED) is 0.861. The maximum Gasteiger partial charge on any atom is 0.251 e. The molecule has 2 aromatic rings. The van der Waals surface area contributed by atoms with Gasteiger partial charge in [-0.2, -0.15) is 0 Å². The molecule has 116 valence electrons. The third-order valence-electron chi connectivity index (χ3n) is 3.30. The van der Waals surface area contributed by atoms with Crippen molar-refractivity contribution in [3.05, 3.63) is 70.5 Å². The van der Waals surface area contributed by atoms with Gasteiger partial charge in [0.1, 0.15) is 5.82 Å². The van der Waals surface area contributed by atoms with Crippen molar-refractivity contribution in [2.45, 2.75) is 19.8 Å². The Labute approximate surface area is 128 Å². The molecule has 2 rings (SSSR count). The fourth-order valence-electron chi connectivity index (χ4n) is 2.16. The van der Waals surface area contributed by atoms with Gasteiger partial charge in [-0.05, 0) is 29.3 Å². The first kappa shape index (κ1) is 16.1. The zero-order valence-corrected chi connectivity index (χ0v) is 12.3. The molecule has 0 saturated heterocycles. The standard InChI is InChI=1S/C17H18FNO3/c1-22-11-13-4-2-3-5-15(13)17(21)19-9-12-6-7-16(18)14(8-12)10-20/h2-8,20H,9-11H2,1H3,(H,19,21). The molecule has 5 heteroatoms. The van der Waals surface area contributed by atoms with Gasteiger partial charge in [0.25, 0.3) is 5.91 Å². The normalized spacial score (nSPS) is 10.5. The molecule has 0 atom stereocenters. The fraction of sp³-hybridized carbons (Fsp3) is 0.235. The van der Waals surface area contributed by atoms with Crippen LogP contribution in [0.4, 0.5) is 4.39 Å². The van der Waals surface area contributed by atoms with E-state index in [9.17, 15) is 9.18 Å². The van der Waals surface area contributed by atoms with Crippen LogP contribution in [-0.2, 0) is 24.5 Å². The molecule has 0 aromatic heterocycles. The number of carbonyl (C=O) groups excluding carboxylic acids is 1. The second-order valence-electron chi connectivity index (χ2n) is 4.86. The third kappa shape index (κ3) is 3.90. The summed E-state index contributed by atoms with van der Waals surface area (Å²) in [5.41, 5.74) is 2.29. The highest BCUT2D eigenvalue weighted by Crippen LogP contribution is 2.12. The Bertz CT molecular complexity index is 658. The van der Waals surface area contributed by atoms with E-state index in [1.807, 2.05) is 12.1 Å². The van der Waals surface area contributed by atoms with Crippen LogP contribution in [0.15, 0.2) is 42.5 Å². The predicted octanol–water partition coefficient (Wildman–Crippen LogP) is 2.39. The summed E-state index contributed by atoms with van der Waals surface area (Å²) < 4.78 is 18.4. The van der Waals surface area contributed by atoms with Gasteiger partial charge < -0.3 is 15.2 Å². The molecule has 0 bridgehead atoms. The number of amides is 1. The molecule has 22 heavy (non-hydrogen) atoms. The first-order valence-corrected chi connectivity index (χ1v) is 6.89. The molecular weight excluding hydrogens is 285 g/mol. The molecule has 0 fully saturated rings. The van der Waals surface area contributed by atoms with Crippen LogP contribution in [0.3, 0.4) is 0 Å². The summed E-state index contributed by atoms with van der Waals surface area (Å²) in [6.45, 7) is 0.243. The maximum absolute atomic E-state index is 13.3. The van der Waals surface area contributed by atoms with Gasteiger partial charge in [0.15, 0.2) is 0 Å². The van der Waals surface area contributed by atoms with Gasteiger partial charge in [-0.3, -0.25) is 4.79 Å². The van der Waals surface area contributed by atoms with Crippen molar-refractivity contribution in [3.8, 4) is 0 Å². The smallest absolute Gasteiger partial charge is 0.251 e. The third-order valence-corrected chi connectivity index (χ3v) is 3.30. The van der Waals surface area contributed by atoms with Crippen LogP contribution in [0.25, 0.3) is 0 Å². The lowest BCUT2D eigenvalue weighted by molar-refractivity contribution is 0.0946. The number of nitrogens with one attached hydrogen (secondary N) is 1. The summed E-state index contributed by atoms with van der Waals surface area (Å²) in [5.74, 6) is -0.675. The molecule has 2 aromatic carbocycles. The number of aliphatic hydroxyl groups excluding tert-OH is 1. The summed E-state index contributed by atoms with van der Waals surface area (Å²) in [6.07, 6.45) is 0. The lowest BCUT2D eigenvalue weighted by Crippen LogP contribution is -2.24. The van der Waals surface area contributed by atoms with Crippen LogP contribution < -0.4 is 5.32 Å². The highest BCUT2D eigenvalue weighted by Gasteiger charge is 2.11. The Hall–Kier alpha value is -2.24. The van der Waals surface area contributed by atoms with Crippen molar-refractivity contribution in [1.29, 1.82) is 0 Å². The highest BCUT2D eigenvalue weighted by atomic mass is 19.1. The van der Waals surface area contributed by atoms with E-state index in [1.54, 1.807) is 25.3 Å². The van der Waals surface area contributed by atoms with Crippen molar-refractivity contribution >= 4 is 5.91 Å². The maximum atomic E-state index is 13.3. The Morgan fingerprint density at radius 1 is 1.23 bits per heavy atom. The predicted molar refractivity (Wildman–Crippen MR) is 80.6 cm³/mol. The average molecular weight is 303 g/mol. The SMILES string of the molecule is COCc1ccccc1C(=O)NCc1ccc(F)c(CO)c1. The second-order valence-corrected chi connectivity index (χ2v) is 4.86. The summed E-state index contributed by atoms with van der Waals surface area (Å²) in [4.78, 5) is 12.2. The van der Waals surface area contributed by atoms with Crippen LogP contribution in [0.2, 0.25) is 0 Å². The van der Waals surface area contributed by atoms with Crippen LogP contribution in [0, 0.1) is 5.82 Å². The number of rotatable bonds is 6. The number of carbonyl (C=O) groups is 1. The van der Waals surface area contributed by atoms with Gasteiger partial charge in [-0.15, -0.1) is 0 Å². The number of hydrogen-bond acceptors (Lipinski definition) is 3. The van der Waals surface area contributed by atoms with Crippen molar-refractivity contribution < 1.29 is 19.0 Å². The number of methoxy groups -OCH3 is 1. The van der Waals surface area contributed by atoms with E-state index in [2.05, 4.69) is 5.32 Å². The minimum atomic E-state index is -0.456. The number of halogens is 1. The van der Waals surface area contributed by atoms with Gasteiger partial charge in [0, 0.05) is 24.8 Å². The van der Waals surface area contributed by atoms with Crippen LogP contribution >= 0.6 is 0 Å². The molecule has 0 saturated carbocycles. The Balaban J connectivity index is 2.07. The van der Waals surface area contributed by atoms with E-state index in [0.29, 0.717) is 12.2 Å². The minimum Gasteiger partial charge on any atom is -0.392 e. The van der Waals surface area contributed by atoms with E-state index in [4.69, 9.17) is 9.84 Å². The first-order chi connectivity index (χ1) is 10.7. The van der Waals surface area contributed by atoms with Gasteiger partial charge in [-0.1, -0.05) is 24.3 Å². The molecule has 0 aliphatic heterocycles. The van der Waals surface area contributed by atoms with Crippen molar-refractivity contribution in [2.24, 2.45) is 0 Å². The van der Waals surface area contributed by atoms with E-state index >= 15 is 0 Å². The Morgan fingerprint density at radius 2 is 2.00 bits per heavy atom. The summed E-state index contributed by atoms with van der Waals surface area (Å²) >= 11 is 0. The van der Waals surface area contributed by atoms with Crippen molar-refractivity contribution in [2.75, 3.05) is 7.11 Å². The number of benzene rings is 2. The highest BCUT2D eigenvalue weighted by molar-refractivity contribution is 5.95. The fourth-order valence-corrected chi connectivity index (χ4v) is 2.16. The molecule has 2 N–H and O–H groups in total. The summed E-state index contributed by atoms with van der Waals surface area (Å²) in [5, 5.41) is 11.8. The van der Waals surface area contributed by atoms with E-state index in [-0.39, 0.29) is 24.6 Å². The van der Waals surface area contributed by atoms with E-state index in [0.717, 1.165) is 11.1 Å². The Morgan fingerprint density at radius 3 is 2.73 bits per heavy atom. The number of hydrogen-bond donors (Lipinski definition) is 2. The minimum absolute atomic E-state index is 0.214. The molecular formula is C17H18FNO3. The molecule has 0 unspecified atom stereocenters. The molecule has 0 spiro atoms. The van der Waals surface area contributed by atoms with Gasteiger partial charge in [-0.25, -0.2) is 4.39 Å². The molecule has 0 aliphatic carbocycles. The molecule has 0 aliphatic rings. The Kier molecular flexibility index (Phi) is 5.63. The largest absolute Gasteiger partial charge is 0.392 e. The lowest BCUT2D eigenvalue weighted by Gasteiger charge is -2.10. The van der Waals surface area contributed by atoms with Gasteiger partial charge >= 0.3 is 0 Å². The molecule has 1 amide bonds. The monoisotopic (exact) mass is 303 g/mol. The topological polar surface area (TPSA) is 58.6 Å². The average Bonchev–Trinajstić information content (AvgIpc) is 2.54. The van der Waals surface area contributed by atoms with E-state index in [1.165, 1.54) is 12.1 Å². The lowest BCUT2D eigenvalue weighted by atomic mass is 10.1. The summed E-state index contributed by atoms with van der Waals surface area (Å²) in [7, 11) is 1.57. The number of aliphatic hydroxyl groups is 1. The van der Waals surface area contributed by atoms with Crippen molar-refractivity contribution in [3.63, 3.8) is 0 Å².